The van der Waals surface area contributed by atoms with Gasteiger partial charge in [0.15, 0.2) is 11.5 Å². The number of nitrogens with zero attached hydrogens (tertiary/aromatic N) is 1. The molecule has 0 aliphatic carbocycles. The van der Waals surface area contributed by atoms with Crippen LogP contribution in [0.25, 0.3) is 6.08 Å². The van der Waals surface area contributed by atoms with Crippen molar-refractivity contribution in [3.8, 4) is 11.5 Å². The van der Waals surface area contributed by atoms with Gasteiger partial charge in [0.05, 0.1) is 22.2 Å². The van der Waals surface area contributed by atoms with Gasteiger partial charge >= 0.3 is 5.97 Å². The molecule has 4 rings (SSSR count). The summed E-state index contributed by atoms with van der Waals surface area (Å²) in [6, 6.07) is 15.5. The van der Waals surface area contributed by atoms with E-state index in [0.717, 1.165) is 16.7 Å². The Morgan fingerprint density at radius 2 is 1.87 bits per heavy atom. The number of carbonyl (C=O) groups is 3. The van der Waals surface area contributed by atoms with Crippen LogP contribution < -0.4 is 14.4 Å². The van der Waals surface area contributed by atoms with E-state index in [9.17, 15) is 14.4 Å². The van der Waals surface area contributed by atoms with E-state index >= 15 is 0 Å². The number of thiophene rings is 1. The molecule has 2 aromatic carbocycles. The summed E-state index contributed by atoms with van der Waals surface area (Å²) >= 11 is 5.54. The molecule has 1 aromatic heterocycles. The molecule has 1 aliphatic heterocycles. The SMILES string of the molecule is COc1cc(/C=C2/SC(=O)N(c3ccccc3)C2=O)cc(Br)c1OC(=O)c1cccs1. The van der Waals surface area contributed by atoms with Crippen molar-refractivity contribution in [1.29, 1.82) is 0 Å². The van der Waals surface area contributed by atoms with Crippen molar-refractivity contribution in [3.63, 3.8) is 0 Å². The van der Waals surface area contributed by atoms with Gasteiger partial charge in [-0.2, -0.15) is 0 Å². The Balaban J connectivity index is 1.62. The summed E-state index contributed by atoms with van der Waals surface area (Å²) in [6.07, 6.45) is 1.60. The molecule has 156 valence electrons. The van der Waals surface area contributed by atoms with Gasteiger partial charge in [-0.15, -0.1) is 11.3 Å². The predicted molar refractivity (Wildman–Crippen MR) is 125 cm³/mol. The number of ether oxygens (including phenoxy) is 2. The lowest BCUT2D eigenvalue weighted by Crippen LogP contribution is -2.27. The molecule has 31 heavy (non-hydrogen) atoms. The predicted octanol–water partition coefficient (Wildman–Crippen LogP) is 5.98. The molecule has 0 atom stereocenters. The first-order valence-corrected chi connectivity index (χ1v) is 11.4. The molecule has 1 saturated heterocycles. The number of carbonyl (C=O) groups excluding carboxylic acids is 3. The van der Waals surface area contributed by atoms with Crippen molar-refractivity contribution in [2.75, 3.05) is 12.0 Å². The minimum atomic E-state index is -0.495. The third-order valence-corrected chi connectivity index (χ3v) is 6.58. The maximum Gasteiger partial charge on any atom is 0.353 e. The first-order chi connectivity index (χ1) is 15.0. The third kappa shape index (κ3) is 4.43. The third-order valence-electron chi connectivity index (χ3n) is 4.27. The zero-order valence-corrected chi connectivity index (χ0v) is 19.3. The topological polar surface area (TPSA) is 72.9 Å². The standard InChI is InChI=1S/C22H14BrNO5S2/c1-28-16-11-13(10-15(23)19(16)29-21(26)17-8-5-9-30-17)12-18-20(25)24(22(27)31-18)14-6-3-2-4-7-14/h2-12H,1H3/b18-12+. The lowest BCUT2D eigenvalue weighted by molar-refractivity contribution is -0.113. The first kappa shape index (κ1) is 21.4. The number of thioether (sulfide) groups is 1. The average Bonchev–Trinajstić information content (AvgIpc) is 3.39. The van der Waals surface area contributed by atoms with Crippen LogP contribution in [0.4, 0.5) is 10.5 Å². The van der Waals surface area contributed by atoms with Gasteiger partial charge in [0.2, 0.25) is 0 Å². The fourth-order valence-corrected chi connectivity index (χ4v) is 4.86. The molecule has 1 aliphatic rings. The second-order valence-electron chi connectivity index (χ2n) is 6.25. The number of hydrogen-bond acceptors (Lipinski definition) is 7. The Hall–Kier alpha value is -2.88. The summed E-state index contributed by atoms with van der Waals surface area (Å²) in [5.41, 5.74) is 1.13. The number of amides is 2. The van der Waals surface area contributed by atoms with Crippen LogP contribution >= 0.6 is 39.0 Å². The number of methoxy groups -OCH3 is 1. The van der Waals surface area contributed by atoms with Gasteiger partial charge in [-0.25, -0.2) is 9.69 Å². The number of imide groups is 1. The molecule has 9 heteroatoms. The summed E-state index contributed by atoms with van der Waals surface area (Å²) in [5, 5.41) is 1.42. The minimum absolute atomic E-state index is 0.232. The summed E-state index contributed by atoms with van der Waals surface area (Å²) in [5.74, 6) is -0.349. The Morgan fingerprint density at radius 1 is 1.10 bits per heavy atom. The van der Waals surface area contributed by atoms with Crippen LogP contribution in [0, 0.1) is 0 Å². The number of halogens is 1. The molecule has 0 bridgehead atoms. The largest absolute Gasteiger partial charge is 0.493 e. The monoisotopic (exact) mass is 515 g/mol. The fraction of sp³-hybridized carbons (Fsp3) is 0.0455. The molecule has 0 spiro atoms. The Labute approximate surface area is 194 Å². The Morgan fingerprint density at radius 3 is 2.55 bits per heavy atom. The number of rotatable bonds is 5. The number of para-hydroxylation sites is 1. The van der Waals surface area contributed by atoms with E-state index in [4.69, 9.17) is 9.47 Å². The molecule has 0 N–H and O–H groups in total. The summed E-state index contributed by atoms with van der Waals surface area (Å²) in [7, 11) is 1.46. The van der Waals surface area contributed by atoms with Crippen LogP contribution in [0.2, 0.25) is 0 Å². The highest BCUT2D eigenvalue weighted by molar-refractivity contribution is 9.10. The van der Waals surface area contributed by atoms with Gasteiger partial charge in [0.25, 0.3) is 11.1 Å². The molecule has 1 fully saturated rings. The highest BCUT2D eigenvalue weighted by atomic mass is 79.9. The number of benzene rings is 2. The molecular formula is C22H14BrNO5S2. The van der Waals surface area contributed by atoms with Crippen LogP contribution in [0.1, 0.15) is 15.2 Å². The van der Waals surface area contributed by atoms with Crippen molar-refractivity contribution in [3.05, 3.63) is 79.8 Å². The fourth-order valence-electron chi connectivity index (χ4n) is 2.88. The molecule has 3 aromatic rings. The van der Waals surface area contributed by atoms with E-state index in [0.29, 0.717) is 26.4 Å². The van der Waals surface area contributed by atoms with Crippen LogP contribution in [0.5, 0.6) is 11.5 Å². The van der Waals surface area contributed by atoms with Gasteiger partial charge in [-0.05, 0) is 75.0 Å². The van der Waals surface area contributed by atoms with Crippen LogP contribution in [0.3, 0.4) is 0 Å². The van der Waals surface area contributed by atoms with Gasteiger partial charge < -0.3 is 9.47 Å². The van der Waals surface area contributed by atoms with E-state index < -0.39 is 11.9 Å². The molecule has 0 saturated carbocycles. The second kappa shape index (κ2) is 9.09. The normalized spacial score (nSPS) is 14.9. The van der Waals surface area contributed by atoms with Crippen LogP contribution in [-0.4, -0.2) is 24.2 Å². The quantitative estimate of drug-likeness (QED) is 0.236. The lowest BCUT2D eigenvalue weighted by atomic mass is 10.1. The maximum atomic E-state index is 12.8. The first-order valence-electron chi connectivity index (χ1n) is 8.94. The highest BCUT2D eigenvalue weighted by Gasteiger charge is 2.36. The second-order valence-corrected chi connectivity index (χ2v) is 9.05. The summed E-state index contributed by atoms with van der Waals surface area (Å²) < 4.78 is 11.4. The molecular weight excluding hydrogens is 502 g/mol. The average molecular weight is 516 g/mol. The summed E-state index contributed by atoms with van der Waals surface area (Å²) in [6.45, 7) is 0. The van der Waals surface area contributed by atoms with Gasteiger partial charge in [-0.3, -0.25) is 9.59 Å². The number of esters is 1. The van der Waals surface area contributed by atoms with Crippen molar-refractivity contribution >= 4 is 67.9 Å². The lowest BCUT2D eigenvalue weighted by Gasteiger charge is -2.12. The Bertz CT molecular complexity index is 1190. The van der Waals surface area contributed by atoms with Crippen LogP contribution in [-0.2, 0) is 4.79 Å². The Kier molecular flexibility index (Phi) is 6.26. The van der Waals surface area contributed by atoms with Gasteiger partial charge in [-0.1, -0.05) is 24.3 Å². The smallest absolute Gasteiger partial charge is 0.353 e. The molecule has 2 heterocycles. The number of hydrogen-bond donors (Lipinski definition) is 0. The van der Waals surface area contributed by atoms with Crippen molar-refractivity contribution in [1.82, 2.24) is 0 Å². The van der Waals surface area contributed by atoms with Crippen LogP contribution in [0.15, 0.2) is 69.4 Å². The molecule has 6 nitrogen and oxygen atoms in total. The van der Waals surface area contributed by atoms with Crippen molar-refractivity contribution in [2.24, 2.45) is 0 Å². The van der Waals surface area contributed by atoms with E-state index in [2.05, 4.69) is 15.9 Å². The molecule has 0 unspecified atom stereocenters. The molecule has 2 amide bonds. The van der Waals surface area contributed by atoms with Gasteiger partial charge in [0.1, 0.15) is 4.88 Å². The van der Waals surface area contributed by atoms with Gasteiger partial charge in [0, 0.05) is 0 Å². The van der Waals surface area contributed by atoms with E-state index in [-0.39, 0.29) is 15.9 Å². The van der Waals surface area contributed by atoms with E-state index in [1.807, 2.05) is 6.07 Å². The van der Waals surface area contributed by atoms with E-state index in [1.54, 1.807) is 60.0 Å². The van der Waals surface area contributed by atoms with Crippen molar-refractivity contribution < 1.29 is 23.9 Å². The zero-order chi connectivity index (χ0) is 22.0. The number of anilines is 1. The minimum Gasteiger partial charge on any atom is -0.493 e. The zero-order valence-electron chi connectivity index (χ0n) is 16.0. The van der Waals surface area contributed by atoms with E-state index in [1.165, 1.54) is 18.4 Å². The van der Waals surface area contributed by atoms with Crippen molar-refractivity contribution in [2.45, 2.75) is 0 Å². The highest BCUT2D eigenvalue weighted by Crippen LogP contribution is 2.40. The maximum absolute atomic E-state index is 12.8. The molecule has 0 radical (unpaired) electrons. The summed E-state index contributed by atoms with van der Waals surface area (Å²) in [4.78, 5) is 39.4.